The average Bonchev–Trinajstić information content (AvgIpc) is 3.27. The second-order valence-corrected chi connectivity index (χ2v) is 10.8. The summed E-state index contributed by atoms with van der Waals surface area (Å²) in [6, 6.07) is 9.94. The van der Waals surface area contributed by atoms with Crippen molar-refractivity contribution in [2.75, 3.05) is 18.9 Å². The molecular formula is C23H23Cl2N7O4S. The number of pyridine rings is 1. The molecule has 2 unspecified atom stereocenters. The van der Waals surface area contributed by atoms with Crippen LogP contribution in [0.5, 0.6) is 5.88 Å². The van der Waals surface area contributed by atoms with Crippen molar-refractivity contribution in [3.63, 3.8) is 0 Å². The average molecular weight is 564 g/mol. The number of para-hydroxylation sites is 1. The van der Waals surface area contributed by atoms with Crippen LogP contribution < -0.4 is 9.46 Å². The van der Waals surface area contributed by atoms with E-state index in [0.717, 1.165) is 5.56 Å². The SMILES string of the molecule is COc1cccc(-c2nnc(NS(=O)(=O)C(C)C(OC)c3ncc(C)cn3)n2-c2c(Cl)cccc2Cl)n1. The van der Waals surface area contributed by atoms with Gasteiger partial charge in [-0.05, 0) is 37.6 Å². The summed E-state index contributed by atoms with van der Waals surface area (Å²) in [6.45, 7) is 3.31. The molecule has 4 aromatic rings. The Labute approximate surface area is 223 Å². The predicted molar refractivity (Wildman–Crippen MR) is 140 cm³/mol. The third kappa shape index (κ3) is 5.52. The van der Waals surface area contributed by atoms with Gasteiger partial charge in [-0.15, -0.1) is 10.2 Å². The number of ether oxygens (including phenoxy) is 2. The van der Waals surface area contributed by atoms with Gasteiger partial charge in [0, 0.05) is 25.6 Å². The van der Waals surface area contributed by atoms with Gasteiger partial charge in [-0.25, -0.2) is 23.4 Å². The van der Waals surface area contributed by atoms with Crippen LogP contribution in [-0.4, -0.2) is 57.6 Å². The van der Waals surface area contributed by atoms with Gasteiger partial charge >= 0.3 is 0 Å². The second kappa shape index (κ2) is 11.0. The summed E-state index contributed by atoms with van der Waals surface area (Å²) < 4.78 is 41.6. The van der Waals surface area contributed by atoms with Gasteiger partial charge in [-0.2, -0.15) is 0 Å². The number of aryl methyl sites for hydroxylation is 1. The Balaban J connectivity index is 1.81. The van der Waals surface area contributed by atoms with E-state index in [1.165, 1.54) is 25.7 Å². The van der Waals surface area contributed by atoms with Crippen LogP contribution in [0.4, 0.5) is 5.95 Å². The third-order valence-corrected chi connectivity index (χ3v) is 7.75. The van der Waals surface area contributed by atoms with E-state index < -0.39 is 21.4 Å². The van der Waals surface area contributed by atoms with Gasteiger partial charge in [0.1, 0.15) is 17.0 Å². The van der Waals surface area contributed by atoms with Crippen LogP contribution in [0, 0.1) is 6.92 Å². The van der Waals surface area contributed by atoms with Crippen molar-refractivity contribution in [3.05, 3.63) is 70.2 Å². The van der Waals surface area contributed by atoms with Crippen molar-refractivity contribution in [1.82, 2.24) is 29.7 Å². The van der Waals surface area contributed by atoms with Gasteiger partial charge in [0.05, 0.1) is 22.8 Å². The molecule has 37 heavy (non-hydrogen) atoms. The molecule has 0 aliphatic carbocycles. The molecule has 3 heterocycles. The van der Waals surface area contributed by atoms with Crippen molar-refractivity contribution >= 4 is 39.2 Å². The number of aromatic nitrogens is 6. The smallest absolute Gasteiger partial charge is 0.243 e. The van der Waals surface area contributed by atoms with Gasteiger partial charge < -0.3 is 9.47 Å². The molecule has 11 nitrogen and oxygen atoms in total. The first-order chi connectivity index (χ1) is 17.7. The van der Waals surface area contributed by atoms with Gasteiger partial charge in [-0.1, -0.05) is 35.3 Å². The van der Waals surface area contributed by atoms with E-state index in [4.69, 9.17) is 32.7 Å². The van der Waals surface area contributed by atoms with E-state index in [0.29, 0.717) is 11.6 Å². The molecule has 0 fully saturated rings. The van der Waals surface area contributed by atoms with Crippen molar-refractivity contribution in [2.45, 2.75) is 25.2 Å². The highest BCUT2D eigenvalue weighted by atomic mass is 35.5. The molecule has 0 amide bonds. The maximum Gasteiger partial charge on any atom is 0.243 e. The fourth-order valence-corrected chi connectivity index (χ4v) is 5.22. The first-order valence-corrected chi connectivity index (χ1v) is 13.2. The first-order valence-electron chi connectivity index (χ1n) is 10.9. The molecule has 0 aliphatic heterocycles. The summed E-state index contributed by atoms with van der Waals surface area (Å²) in [7, 11) is -1.26. The second-order valence-electron chi connectivity index (χ2n) is 7.95. The lowest BCUT2D eigenvalue weighted by molar-refractivity contribution is 0.0949. The number of halogens is 2. The van der Waals surface area contributed by atoms with E-state index in [-0.39, 0.29) is 33.3 Å². The van der Waals surface area contributed by atoms with E-state index in [2.05, 4.69) is 29.9 Å². The molecule has 3 aromatic heterocycles. The summed E-state index contributed by atoms with van der Waals surface area (Å²) >= 11 is 13.0. The van der Waals surface area contributed by atoms with Crippen LogP contribution in [0.3, 0.4) is 0 Å². The Morgan fingerprint density at radius 1 is 1.00 bits per heavy atom. The van der Waals surface area contributed by atoms with Crippen LogP contribution in [-0.2, 0) is 14.8 Å². The summed E-state index contributed by atoms with van der Waals surface area (Å²) in [6.07, 6.45) is 2.22. The predicted octanol–water partition coefficient (Wildman–Crippen LogP) is 4.26. The number of nitrogens with zero attached hydrogens (tertiary/aromatic N) is 6. The van der Waals surface area contributed by atoms with Gasteiger partial charge in [-0.3, -0.25) is 9.29 Å². The lowest BCUT2D eigenvalue weighted by atomic mass is 10.2. The molecule has 0 saturated carbocycles. The first kappa shape index (κ1) is 26.7. The zero-order valence-corrected chi connectivity index (χ0v) is 22.6. The lowest BCUT2D eigenvalue weighted by Gasteiger charge is -2.22. The van der Waals surface area contributed by atoms with Crippen LogP contribution >= 0.6 is 23.2 Å². The summed E-state index contributed by atoms with van der Waals surface area (Å²) in [5.41, 5.74) is 1.45. The van der Waals surface area contributed by atoms with Crippen LogP contribution in [0.15, 0.2) is 48.8 Å². The lowest BCUT2D eigenvalue weighted by Crippen LogP contribution is -2.33. The highest BCUT2D eigenvalue weighted by molar-refractivity contribution is 7.93. The highest BCUT2D eigenvalue weighted by Crippen LogP contribution is 2.35. The molecule has 1 aromatic carbocycles. The van der Waals surface area contributed by atoms with E-state index in [9.17, 15) is 8.42 Å². The minimum atomic E-state index is -4.13. The van der Waals surface area contributed by atoms with Crippen molar-refractivity contribution in [3.8, 4) is 23.1 Å². The third-order valence-electron chi connectivity index (χ3n) is 5.44. The van der Waals surface area contributed by atoms with E-state index >= 15 is 0 Å². The Morgan fingerprint density at radius 3 is 2.27 bits per heavy atom. The number of nitrogens with one attached hydrogen (secondary N) is 1. The molecule has 0 radical (unpaired) electrons. The normalized spacial score (nSPS) is 13.2. The molecule has 0 spiro atoms. The number of benzene rings is 1. The molecule has 0 bridgehead atoms. The van der Waals surface area contributed by atoms with Crippen molar-refractivity contribution in [2.24, 2.45) is 0 Å². The summed E-state index contributed by atoms with van der Waals surface area (Å²) in [5.74, 6) is 0.586. The standard InChI is InChI=1S/C23H23Cl2N7O4S/c1-13-11-26-21(27-12-13)20(36-4)14(2)37(33,34)31-23-30-29-22(17-9-6-10-18(28-17)35-3)32(23)19-15(24)7-5-8-16(19)25/h5-12,14,20H,1-4H3,(H,30,31). The summed E-state index contributed by atoms with van der Waals surface area (Å²) in [4.78, 5) is 12.8. The van der Waals surface area contributed by atoms with Crippen LogP contribution in [0.1, 0.15) is 24.4 Å². The van der Waals surface area contributed by atoms with Gasteiger partial charge in [0.15, 0.2) is 11.6 Å². The van der Waals surface area contributed by atoms with Crippen LogP contribution in [0.2, 0.25) is 10.0 Å². The molecule has 2 atom stereocenters. The van der Waals surface area contributed by atoms with Gasteiger partial charge in [0.2, 0.25) is 21.9 Å². The Morgan fingerprint density at radius 2 is 1.65 bits per heavy atom. The number of sulfonamides is 1. The Bertz CT molecular complexity index is 1490. The maximum absolute atomic E-state index is 13.5. The topological polar surface area (TPSA) is 134 Å². The van der Waals surface area contributed by atoms with E-state index in [1.54, 1.807) is 48.8 Å². The number of rotatable bonds is 9. The Hall–Kier alpha value is -3.32. The van der Waals surface area contributed by atoms with Crippen molar-refractivity contribution in [1.29, 1.82) is 0 Å². The quantitative estimate of drug-likeness (QED) is 0.316. The Kier molecular flexibility index (Phi) is 7.93. The molecule has 14 heteroatoms. The largest absolute Gasteiger partial charge is 0.481 e. The van der Waals surface area contributed by atoms with Gasteiger partial charge in [0.25, 0.3) is 0 Å². The fraction of sp³-hybridized carbons (Fsp3) is 0.261. The molecule has 194 valence electrons. The van der Waals surface area contributed by atoms with E-state index in [1.807, 2.05) is 6.92 Å². The molecule has 0 aliphatic rings. The summed E-state index contributed by atoms with van der Waals surface area (Å²) in [5, 5.41) is 7.65. The number of methoxy groups -OCH3 is 2. The minimum Gasteiger partial charge on any atom is -0.481 e. The molecule has 4 rings (SSSR count). The zero-order chi connectivity index (χ0) is 26.7. The van der Waals surface area contributed by atoms with Crippen molar-refractivity contribution < 1.29 is 17.9 Å². The number of hydrogen-bond acceptors (Lipinski definition) is 9. The minimum absolute atomic E-state index is 0.152. The fourth-order valence-electron chi connectivity index (χ4n) is 3.52. The zero-order valence-electron chi connectivity index (χ0n) is 20.3. The number of hydrogen-bond donors (Lipinski definition) is 1. The highest BCUT2D eigenvalue weighted by Gasteiger charge is 2.35. The monoisotopic (exact) mass is 563 g/mol. The molecule has 0 saturated heterocycles. The number of anilines is 1. The van der Waals surface area contributed by atoms with Crippen LogP contribution in [0.25, 0.3) is 17.2 Å². The molecule has 1 N–H and O–H groups in total. The maximum atomic E-state index is 13.5. The molecular weight excluding hydrogens is 541 g/mol.